The molecular formula is C25H39N5O2. The maximum absolute atomic E-state index is 13.4. The third kappa shape index (κ3) is 4.71. The zero-order chi connectivity index (χ0) is 23.3. The molecule has 1 aromatic heterocycles. The Morgan fingerprint density at radius 1 is 1.22 bits per heavy atom. The van der Waals surface area contributed by atoms with Gasteiger partial charge in [0.15, 0.2) is 0 Å². The van der Waals surface area contributed by atoms with Crippen molar-refractivity contribution in [1.29, 1.82) is 0 Å². The molecule has 4 fully saturated rings. The Kier molecular flexibility index (Phi) is 5.88. The second-order valence-corrected chi connectivity index (χ2v) is 11.6. The van der Waals surface area contributed by atoms with E-state index in [0.717, 1.165) is 5.92 Å². The highest BCUT2D eigenvalue weighted by Crippen LogP contribution is 2.59. The molecule has 1 heterocycles. The summed E-state index contributed by atoms with van der Waals surface area (Å²) in [5.74, 6) is 2.60. The molecule has 4 aliphatic carbocycles. The van der Waals surface area contributed by atoms with Gasteiger partial charge >= 0.3 is 0 Å². The molecule has 1 aromatic rings. The van der Waals surface area contributed by atoms with Crippen molar-refractivity contribution in [1.82, 2.24) is 20.4 Å². The summed E-state index contributed by atoms with van der Waals surface area (Å²) in [7, 11) is 0. The van der Waals surface area contributed by atoms with Gasteiger partial charge in [-0.25, -0.2) is 4.68 Å². The molecule has 0 radical (unpaired) electrons. The number of amides is 2. The van der Waals surface area contributed by atoms with Crippen LogP contribution in [0.5, 0.6) is 0 Å². The Hall–Kier alpha value is -2.31. The lowest BCUT2D eigenvalue weighted by Gasteiger charge is -2.59. The molecule has 7 heteroatoms. The van der Waals surface area contributed by atoms with Gasteiger partial charge in [0.1, 0.15) is 11.4 Å². The molecule has 7 nitrogen and oxygen atoms in total. The summed E-state index contributed by atoms with van der Waals surface area (Å²) >= 11 is 0. The number of hydrogen-bond donors (Lipinski definition) is 3. The minimum Gasteiger partial charge on any atom is -0.367 e. The summed E-state index contributed by atoms with van der Waals surface area (Å²) in [6.07, 6.45) is 11.7. The Labute approximate surface area is 191 Å². The van der Waals surface area contributed by atoms with E-state index in [1.165, 1.54) is 39.0 Å². The molecular weight excluding hydrogens is 402 g/mol. The van der Waals surface area contributed by atoms with E-state index in [1.807, 2.05) is 33.8 Å². The van der Waals surface area contributed by atoms with E-state index >= 15 is 0 Å². The van der Waals surface area contributed by atoms with Crippen molar-refractivity contribution in [2.24, 2.45) is 23.2 Å². The summed E-state index contributed by atoms with van der Waals surface area (Å²) < 4.78 is 1.69. The van der Waals surface area contributed by atoms with Crippen LogP contribution in [0, 0.1) is 23.2 Å². The highest BCUT2D eigenvalue weighted by atomic mass is 16.2. The standard InChI is InChI=1S/C25H39N5O2/c1-15(2)27-22-20(14-26-30(22)8-7-24(4,5)29-16(3)31)23(32)28-21-18-9-17-10-19(21)13-25(6,11-17)12-18/h7-8,14-15,17-19,21,27H,9-13H2,1-6H3,(H,28,32)(H,29,31)/b8-7+. The van der Waals surface area contributed by atoms with Gasteiger partial charge in [0.05, 0.1) is 11.7 Å². The van der Waals surface area contributed by atoms with Crippen molar-refractivity contribution in [3.63, 3.8) is 0 Å². The van der Waals surface area contributed by atoms with E-state index in [4.69, 9.17) is 0 Å². The van der Waals surface area contributed by atoms with Gasteiger partial charge in [-0.1, -0.05) is 6.92 Å². The molecule has 5 rings (SSSR count). The van der Waals surface area contributed by atoms with Crippen molar-refractivity contribution >= 4 is 23.8 Å². The lowest BCUT2D eigenvalue weighted by molar-refractivity contribution is -0.120. The van der Waals surface area contributed by atoms with Crippen LogP contribution in [0.4, 0.5) is 5.82 Å². The van der Waals surface area contributed by atoms with Gasteiger partial charge in [0.25, 0.3) is 5.91 Å². The zero-order valence-electron chi connectivity index (χ0n) is 20.4. The Bertz CT molecular complexity index is 899. The molecule has 4 saturated carbocycles. The first-order chi connectivity index (χ1) is 14.9. The first kappa shape index (κ1) is 22.9. The molecule has 2 amide bonds. The van der Waals surface area contributed by atoms with Crippen molar-refractivity contribution in [2.75, 3.05) is 5.32 Å². The minimum atomic E-state index is -0.522. The molecule has 0 saturated heterocycles. The zero-order valence-corrected chi connectivity index (χ0v) is 20.4. The number of nitrogens with one attached hydrogen (secondary N) is 3. The van der Waals surface area contributed by atoms with Crippen LogP contribution in [0.3, 0.4) is 0 Å². The molecule has 0 aromatic carbocycles. The van der Waals surface area contributed by atoms with Crippen LogP contribution < -0.4 is 16.0 Å². The van der Waals surface area contributed by atoms with Gasteiger partial charge in [-0.3, -0.25) is 9.59 Å². The number of aromatic nitrogens is 2. The predicted octanol–water partition coefficient (Wildman–Crippen LogP) is 4.03. The second kappa shape index (κ2) is 8.23. The fraction of sp³-hybridized carbons (Fsp3) is 0.720. The summed E-state index contributed by atoms with van der Waals surface area (Å²) in [5.41, 5.74) is 0.533. The molecule has 3 N–H and O–H groups in total. The van der Waals surface area contributed by atoms with Gasteiger partial charge in [-0.2, -0.15) is 5.10 Å². The van der Waals surface area contributed by atoms with Crippen LogP contribution in [0.2, 0.25) is 0 Å². The minimum absolute atomic E-state index is 0.0449. The van der Waals surface area contributed by atoms with Gasteiger partial charge in [0, 0.05) is 25.2 Å². The van der Waals surface area contributed by atoms with Gasteiger partial charge in [-0.15, -0.1) is 0 Å². The maximum Gasteiger partial charge on any atom is 0.256 e. The molecule has 0 spiro atoms. The smallest absolute Gasteiger partial charge is 0.256 e. The number of anilines is 1. The Morgan fingerprint density at radius 2 is 1.88 bits per heavy atom. The summed E-state index contributed by atoms with van der Waals surface area (Å²) in [6, 6.07) is 0.423. The van der Waals surface area contributed by atoms with E-state index in [-0.39, 0.29) is 23.9 Å². The highest BCUT2D eigenvalue weighted by molar-refractivity contribution is 5.99. The summed E-state index contributed by atoms with van der Waals surface area (Å²) in [5, 5.41) is 14.2. The summed E-state index contributed by atoms with van der Waals surface area (Å²) in [6.45, 7) is 11.9. The van der Waals surface area contributed by atoms with Crippen molar-refractivity contribution in [3.8, 4) is 0 Å². The third-order valence-electron chi connectivity index (χ3n) is 7.47. The normalized spacial score (nSPS) is 31.3. The largest absolute Gasteiger partial charge is 0.367 e. The first-order valence-corrected chi connectivity index (χ1v) is 12.1. The third-order valence-corrected chi connectivity index (χ3v) is 7.47. The molecule has 2 atom stereocenters. The van der Waals surface area contributed by atoms with Crippen molar-refractivity contribution in [3.05, 3.63) is 17.8 Å². The first-order valence-electron chi connectivity index (χ1n) is 12.1. The van der Waals surface area contributed by atoms with Crippen LogP contribution >= 0.6 is 0 Å². The number of carbonyl (C=O) groups is 2. The average Bonchev–Trinajstić information content (AvgIpc) is 3.02. The molecule has 0 aliphatic heterocycles. The fourth-order valence-electron chi connectivity index (χ4n) is 6.71. The van der Waals surface area contributed by atoms with Gasteiger partial charge in [0.2, 0.25) is 5.91 Å². The van der Waals surface area contributed by atoms with E-state index in [1.54, 1.807) is 17.1 Å². The molecule has 2 unspecified atom stereocenters. The number of rotatable bonds is 7. The second-order valence-electron chi connectivity index (χ2n) is 11.6. The van der Waals surface area contributed by atoms with Crippen LogP contribution in [-0.2, 0) is 4.79 Å². The number of hydrogen-bond acceptors (Lipinski definition) is 4. The summed E-state index contributed by atoms with van der Waals surface area (Å²) in [4.78, 5) is 24.9. The highest BCUT2D eigenvalue weighted by Gasteiger charge is 2.53. The topological polar surface area (TPSA) is 88.0 Å². The maximum atomic E-state index is 13.4. The monoisotopic (exact) mass is 441 g/mol. The van der Waals surface area contributed by atoms with Gasteiger partial charge < -0.3 is 16.0 Å². The number of nitrogens with zero attached hydrogens (tertiary/aromatic N) is 2. The van der Waals surface area contributed by atoms with Crippen molar-refractivity contribution in [2.45, 2.75) is 91.3 Å². The van der Waals surface area contributed by atoms with Gasteiger partial charge in [-0.05, 0) is 89.0 Å². The van der Waals surface area contributed by atoms with E-state index in [2.05, 4.69) is 28.0 Å². The Morgan fingerprint density at radius 3 is 2.44 bits per heavy atom. The molecule has 32 heavy (non-hydrogen) atoms. The predicted molar refractivity (Wildman–Crippen MR) is 127 cm³/mol. The lowest BCUT2D eigenvalue weighted by Crippen LogP contribution is -2.58. The average molecular weight is 442 g/mol. The van der Waals surface area contributed by atoms with Crippen LogP contribution in [-0.4, -0.2) is 39.2 Å². The van der Waals surface area contributed by atoms with Crippen LogP contribution in [0.15, 0.2) is 12.3 Å². The number of carbonyl (C=O) groups excluding carboxylic acids is 2. The Balaban J connectivity index is 1.53. The fourth-order valence-corrected chi connectivity index (χ4v) is 6.71. The van der Waals surface area contributed by atoms with E-state index in [9.17, 15) is 9.59 Å². The van der Waals surface area contributed by atoms with Crippen LogP contribution in [0.25, 0.3) is 6.20 Å². The molecule has 4 bridgehead atoms. The SMILES string of the molecule is CC(=O)NC(C)(C)/C=C/n1ncc(C(=O)NC2C3CC4CC2CC(C)(C4)C3)c1NC(C)C. The van der Waals surface area contributed by atoms with E-state index in [0.29, 0.717) is 28.6 Å². The van der Waals surface area contributed by atoms with Crippen LogP contribution in [0.1, 0.15) is 84.0 Å². The molecule has 4 aliphatic rings. The molecule has 176 valence electrons. The van der Waals surface area contributed by atoms with E-state index < -0.39 is 5.54 Å². The quantitative estimate of drug-likeness (QED) is 0.596. The van der Waals surface area contributed by atoms with Crippen molar-refractivity contribution < 1.29 is 9.59 Å². The lowest BCUT2D eigenvalue weighted by atomic mass is 9.48.